The number of hydrogen-bond donors (Lipinski definition) is 1. The van der Waals surface area contributed by atoms with E-state index in [9.17, 15) is 14.7 Å². The molecule has 0 fully saturated rings. The lowest BCUT2D eigenvalue weighted by atomic mass is 10.1. The van der Waals surface area contributed by atoms with Gasteiger partial charge in [-0.1, -0.05) is 6.92 Å². The van der Waals surface area contributed by atoms with E-state index in [0.717, 1.165) is 0 Å². The third kappa shape index (κ3) is 2.24. The zero-order chi connectivity index (χ0) is 14.7. The van der Waals surface area contributed by atoms with Crippen molar-refractivity contribution in [2.75, 3.05) is 6.61 Å². The Morgan fingerprint density at radius 3 is 2.85 bits per heavy atom. The van der Waals surface area contributed by atoms with E-state index < -0.39 is 11.5 Å². The van der Waals surface area contributed by atoms with Crippen molar-refractivity contribution in [3.8, 4) is 5.75 Å². The highest BCUT2D eigenvalue weighted by Crippen LogP contribution is 2.25. The maximum atomic E-state index is 12.4. The lowest BCUT2D eigenvalue weighted by molar-refractivity contribution is 0.0520. The molecule has 0 aromatic carbocycles. The number of aromatic nitrogens is 2. The SMILES string of the molecule is CCCn1c(=O)c(C(=O)OCC)c(O)c2cccnc21. The average Bonchev–Trinajstić information content (AvgIpc) is 2.44. The topological polar surface area (TPSA) is 81.4 Å². The molecule has 2 rings (SSSR count). The lowest BCUT2D eigenvalue weighted by Gasteiger charge is -2.12. The minimum absolute atomic E-state index is 0.135. The molecule has 106 valence electrons. The number of carbonyl (C=O) groups excluding carboxylic acids is 1. The van der Waals surface area contributed by atoms with E-state index in [2.05, 4.69) is 4.98 Å². The number of rotatable bonds is 4. The highest BCUT2D eigenvalue weighted by molar-refractivity contribution is 5.98. The molecule has 0 spiro atoms. The number of fused-ring (bicyclic) bond motifs is 1. The summed E-state index contributed by atoms with van der Waals surface area (Å²) in [4.78, 5) is 28.4. The Hall–Kier alpha value is -2.37. The molecule has 0 aliphatic rings. The van der Waals surface area contributed by atoms with Crippen LogP contribution in [0.4, 0.5) is 0 Å². The van der Waals surface area contributed by atoms with Crippen molar-refractivity contribution in [1.29, 1.82) is 0 Å². The highest BCUT2D eigenvalue weighted by Gasteiger charge is 2.23. The Labute approximate surface area is 115 Å². The molecule has 6 heteroatoms. The van der Waals surface area contributed by atoms with Crippen LogP contribution in [0.5, 0.6) is 5.75 Å². The van der Waals surface area contributed by atoms with E-state index >= 15 is 0 Å². The fraction of sp³-hybridized carbons (Fsp3) is 0.357. The molecule has 0 aliphatic carbocycles. The predicted octanol–water partition coefficient (Wildman–Crippen LogP) is 1.69. The van der Waals surface area contributed by atoms with Crippen LogP contribution in [0.15, 0.2) is 23.1 Å². The first-order chi connectivity index (χ1) is 9.61. The van der Waals surface area contributed by atoms with Crippen molar-refractivity contribution in [3.63, 3.8) is 0 Å². The van der Waals surface area contributed by atoms with Gasteiger partial charge in [0.15, 0.2) is 5.56 Å². The molecule has 0 radical (unpaired) electrons. The van der Waals surface area contributed by atoms with Gasteiger partial charge < -0.3 is 9.84 Å². The summed E-state index contributed by atoms with van der Waals surface area (Å²) in [7, 11) is 0. The third-order valence-electron chi connectivity index (χ3n) is 2.92. The van der Waals surface area contributed by atoms with Gasteiger partial charge in [-0.2, -0.15) is 0 Å². The van der Waals surface area contributed by atoms with Gasteiger partial charge in [0.25, 0.3) is 5.56 Å². The van der Waals surface area contributed by atoms with E-state index in [0.29, 0.717) is 24.0 Å². The normalized spacial score (nSPS) is 10.7. The van der Waals surface area contributed by atoms with E-state index in [4.69, 9.17) is 4.74 Å². The van der Waals surface area contributed by atoms with Crippen LogP contribution in [0, 0.1) is 0 Å². The highest BCUT2D eigenvalue weighted by atomic mass is 16.5. The van der Waals surface area contributed by atoms with Gasteiger partial charge >= 0.3 is 5.97 Å². The smallest absolute Gasteiger partial charge is 0.347 e. The largest absolute Gasteiger partial charge is 0.506 e. The molecule has 20 heavy (non-hydrogen) atoms. The molecule has 1 N–H and O–H groups in total. The molecule has 2 aromatic heterocycles. The van der Waals surface area contributed by atoms with Gasteiger partial charge in [-0.3, -0.25) is 9.36 Å². The maximum absolute atomic E-state index is 12.4. The molecular weight excluding hydrogens is 260 g/mol. The number of esters is 1. The summed E-state index contributed by atoms with van der Waals surface area (Å²) in [6.45, 7) is 4.11. The van der Waals surface area contributed by atoms with Crippen molar-refractivity contribution in [2.24, 2.45) is 0 Å². The van der Waals surface area contributed by atoms with E-state index in [1.54, 1.807) is 19.1 Å². The zero-order valence-corrected chi connectivity index (χ0v) is 11.4. The monoisotopic (exact) mass is 276 g/mol. The maximum Gasteiger partial charge on any atom is 0.347 e. The second-order valence-corrected chi connectivity index (χ2v) is 4.28. The van der Waals surface area contributed by atoms with Gasteiger partial charge in [0.2, 0.25) is 0 Å². The van der Waals surface area contributed by atoms with Crippen molar-refractivity contribution < 1.29 is 14.6 Å². The number of aryl methyl sites for hydroxylation is 1. The first kappa shape index (κ1) is 14.0. The number of aromatic hydroxyl groups is 1. The Bertz CT molecular complexity index is 706. The Kier molecular flexibility index (Phi) is 4.02. The summed E-state index contributed by atoms with van der Waals surface area (Å²) in [6, 6.07) is 3.25. The molecule has 0 aliphatic heterocycles. The van der Waals surface area contributed by atoms with Gasteiger partial charge in [-0.15, -0.1) is 0 Å². The van der Waals surface area contributed by atoms with Crippen LogP contribution in [0.3, 0.4) is 0 Å². The molecular formula is C14H16N2O4. The van der Waals surface area contributed by atoms with Crippen LogP contribution < -0.4 is 5.56 Å². The van der Waals surface area contributed by atoms with Crippen LogP contribution in [0.1, 0.15) is 30.6 Å². The van der Waals surface area contributed by atoms with Crippen molar-refractivity contribution in [3.05, 3.63) is 34.2 Å². The number of nitrogens with zero attached hydrogens (tertiary/aromatic N) is 2. The summed E-state index contributed by atoms with van der Waals surface area (Å²) in [5.41, 5.74) is -0.542. The average molecular weight is 276 g/mol. The van der Waals surface area contributed by atoms with Crippen LogP contribution in [0.25, 0.3) is 11.0 Å². The first-order valence-electron chi connectivity index (χ1n) is 6.49. The fourth-order valence-electron chi connectivity index (χ4n) is 2.08. The summed E-state index contributed by atoms with van der Waals surface area (Å²) in [6.07, 6.45) is 2.25. The van der Waals surface area contributed by atoms with Gasteiger partial charge in [-0.05, 0) is 25.5 Å². The molecule has 0 amide bonds. The quantitative estimate of drug-likeness (QED) is 0.859. The van der Waals surface area contributed by atoms with E-state index in [1.165, 1.54) is 10.8 Å². The van der Waals surface area contributed by atoms with Crippen molar-refractivity contribution in [2.45, 2.75) is 26.8 Å². The molecule has 0 unspecified atom stereocenters. The summed E-state index contributed by atoms with van der Waals surface area (Å²) < 4.78 is 6.23. The minimum atomic E-state index is -0.814. The minimum Gasteiger partial charge on any atom is -0.506 e. The van der Waals surface area contributed by atoms with E-state index in [-0.39, 0.29) is 17.9 Å². The summed E-state index contributed by atoms with van der Waals surface area (Å²) >= 11 is 0. The molecule has 0 bridgehead atoms. The molecule has 0 saturated heterocycles. The lowest BCUT2D eigenvalue weighted by Crippen LogP contribution is -2.28. The predicted molar refractivity (Wildman–Crippen MR) is 73.9 cm³/mol. The number of hydrogen-bond acceptors (Lipinski definition) is 5. The Morgan fingerprint density at radius 2 is 2.20 bits per heavy atom. The van der Waals surface area contributed by atoms with Crippen LogP contribution in [-0.4, -0.2) is 27.2 Å². The van der Waals surface area contributed by atoms with E-state index in [1.807, 2.05) is 6.92 Å². The summed E-state index contributed by atoms with van der Waals surface area (Å²) in [5, 5.41) is 10.5. The fourth-order valence-corrected chi connectivity index (χ4v) is 2.08. The van der Waals surface area contributed by atoms with Crippen LogP contribution in [0.2, 0.25) is 0 Å². The van der Waals surface area contributed by atoms with Crippen LogP contribution >= 0.6 is 0 Å². The van der Waals surface area contributed by atoms with Crippen molar-refractivity contribution >= 4 is 17.0 Å². The van der Waals surface area contributed by atoms with Gasteiger partial charge in [-0.25, -0.2) is 9.78 Å². The third-order valence-corrected chi connectivity index (χ3v) is 2.92. The molecule has 2 heterocycles. The molecule has 6 nitrogen and oxygen atoms in total. The second-order valence-electron chi connectivity index (χ2n) is 4.28. The molecule has 0 atom stereocenters. The standard InChI is InChI=1S/C14H16N2O4/c1-3-8-16-12-9(6-5-7-15-12)11(17)10(13(16)18)14(19)20-4-2/h5-7,17H,3-4,8H2,1-2H3. The van der Waals surface area contributed by atoms with Gasteiger partial charge in [0.05, 0.1) is 12.0 Å². The number of ether oxygens (including phenoxy) is 1. The second kappa shape index (κ2) is 5.73. The van der Waals surface area contributed by atoms with Gasteiger partial charge in [0, 0.05) is 12.7 Å². The van der Waals surface area contributed by atoms with Crippen LogP contribution in [-0.2, 0) is 11.3 Å². The summed E-state index contributed by atoms with van der Waals surface area (Å²) in [5.74, 6) is -1.19. The van der Waals surface area contributed by atoms with Gasteiger partial charge in [0.1, 0.15) is 11.4 Å². The molecule has 0 saturated carbocycles. The Balaban J connectivity index is 2.82. The zero-order valence-electron chi connectivity index (χ0n) is 11.4. The Morgan fingerprint density at radius 1 is 1.45 bits per heavy atom. The van der Waals surface area contributed by atoms with Crippen molar-refractivity contribution in [1.82, 2.24) is 9.55 Å². The number of carbonyl (C=O) groups is 1. The number of pyridine rings is 2. The molecule has 2 aromatic rings. The first-order valence-corrected chi connectivity index (χ1v) is 6.49.